The summed E-state index contributed by atoms with van der Waals surface area (Å²) < 4.78 is 23.9. The van der Waals surface area contributed by atoms with E-state index >= 15 is 0 Å². The number of esters is 1. The van der Waals surface area contributed by atoms with Gasteiger partial charge in [-0.25, -0.2) is 9.18 Å². The van der Waals surface area contributed by atoms with E-state index < -0.39 is 17.6 Å². The molecule has 0 amide bonds. The van der Waals surface area contributed by atoms with Crippen LogP contribution < -0.4 is 4.74 Å². The van der Waals surface area contributed by atoms with Gasteiger partial charge < -0.3 is 9.47 Å². The van der Waals surface area contributed by atoms with Gasteiger partial charge in [-0.3, -0.25) is 4.79 Å². The van der Waals surface area contributed by atoms with E-state index in [0.717, 1.165) is 16.6 Å². The number of rotatable bonds is 4. The first kappa shape index (κ1) is 16.2. The largest absolute Gasteiger partial charge is 0.496 e. The second-order valence-corrected chi connectivity index (χ2v) is 5.27. The number of methoxy groups -OCH3 is 2. The highest BCUT2D eigenvalue weighted by Gasteiger charge is 2.22. The molecule has 2 aromatic carbocycles. The van der Waals surface area contributed by atoms with Crippen LogP contribution in [-0.4, -0.2) is 26.0 Å². The summed E-state index contributed by atoms with van der Waals surface area (Å²) in [6.45, 7) is 0. The van der Waals surface area contributed by atoms with Crippen LogP contribution in [0.25, 0.3) is 0 Å². The molecule has 0 aliphatic heterocycles. The van der Waals surface area contributed by atoms with Crippen LogP contribution in [0.5, 0.6) is 5.75 Å². The first-order valence-corrected chi connectivity index (χ1v) is 7.03. The molecule has 0 bridgehead atoms. The van der Waals surface area contributed by atoms with Gasteiger partial charge in [0.05, 0.1) is 25.3 Å². The number of ether oxygens (including phenoxy) is 2. The predicted molar refractivity (Wildman–Crippen MR) is 81.9 cm³/mol. The van der Waals surface area contributed by atoms with Crippen LogP contribution in [0.15, 0.2) is 40.9 Å². The molecule has 0 saturated carbocycles. The average molecular weight is 367 g/mol. The van der Waals surface area contributed by atoms with Crippen molar-refractivity contribution in [1.29, 1.82) is 0 Å². The lowest BCUT2D eigenvalue weighted by molar-refractivity contribution is 0.0597. The molecular weight excluding hydrogens is 355 g/mol. The average Bonchev–Trinajstić information content (AvgIpc) is 2.53. The predicted octanol–water partition coefficient (Wildman–Crippen LogP) is 3.61. The number of benzene rings is 2. The minimum absolute atomic E-state index is 0.0499. The minimum atomic E-state index is -0.779. The fourth-order valence-electron chi connectivity index (χ4n) is 1.99. The molecule has 22 heavy (non-hydrogen) atoms. The first-order valence-electron chi connectivity index (χ1n) is 6.24. The minimum Gasteiger partial charge on any atom is -0.496 e. The Morgan fingerprint density at radius 1 is 1.00 bits per heavy atom. The van der Waals surface area contributed by atoms with E-state index in [-0.39, 0.29) is 16.7 Å². The van der Waals surface area contributed by atoms with Gasteiger partial charge in [-0.1, -0.05) is 15.9 Å². The number of carbonyl (C=O) groups is 2. The molecule has 0 spiro atoms. The van der Waals surface area contributed by atoms with Gasteiger partial charge in [0.2, 0.25) is 0 Å². The fraction of sp³-hybridized carbons (Fsp3) is 0.125. The van der Waals surface area contributed by atoms with Gasteiger partial charge in [0.15, 0.2) is 5.78 Å². The molecule has 6 heteroatoms. The molecular formula is C16H12BrFO4. The van der Waals surface area contributed by atoms with E-state index in [1.165, 1.54) is 20.3 Å². The first-order chi connectivity index (χ1) is 10.5. The highest BCUT2D eigenvalue weighted by Crippen LogP contribution is 2.27. The molecule has 0 radical (unpaired) electrons. The van der Waals surface area contributed by atoms with E-state index in [2.05, 4.69) is 20.7 Å². The summed E-state index contributed by atoms with van der Waals surface area (Å²) >= 11 is 3.29. The van der Waals surface area contributed by atoms with Crippen molar-refractivity contribution in [2.24, 2.45) is 0 Å². The van der Waals surface area contributed by atoms with E-state index in [1.54, 1.807) is 18.2 Å². The van der Waals surface area contributed by atoms with E-state index in [1.807, 2.05) is 0 Å². The van der Waals surface area contributed by atoms with Crippen LogP contribution in [0, 0.1) is 5.82 Å². The van der Waals surface area contributed by atoms with E-state index in [9.17, 15) is 14.0 Å². The van der Waals surface area contributed by atoms with Crippen molar-refractivity contribution in [2.75, 3.05) is 14.2 Å². The van der Waals surface area contributed by atoms with Crippen molar-refractivity contribution in [3.8, 4) is 5.75 Å². The molecule has 0 aromatic heterocycles. The zero-order valence-corrected chi connectivity index (χ0v) is 13.4. The van der Waals surface area contributed by atoms with Gasteiger partial charge in [0.1, 0.15) is 11.6 Å². The zero-order valence-electron chi connectivity index (χ0n) is 11.9. The molecule has 4 nitrogen and oxygen atoms in total. The normalized spacial score (nSPS) is 10.2. The van der Waals surface area contributed by atoms with Gasteiger partial charge in [-0.15, -0.1) is 0 Å². The SMILES string of the molecule is COC(=O)c1cc(F)ccc1C(=O)c1ccc(Br)cc1OC. The van der Waals surface area contributed by atoms with Crippen molar-refractivity contribution in [2.45, 2.75) is 0 Å². The molecule has 0 aliphatic rings. The Hall–Kier alpha value is -2.21. The van der Waals surface area contributed by atoms with E-state index in [4.69, 9.17) is 4.74 Å². The van der Waals surface area contributed by atoms with Crippen LogP contribution >= 0.6 is 15.9 Å². The van der Waals surface area contributed by atoms with Gasteiger partial charge in [-0.2, -0.15) is 0 Å². The number of carbonyl (C=O) groups excluding carboxylic acids is 2. The second kappa shape index (κ2) is 6.70. The highest BCUT2D eigenvalue weighted by atomic mass is 79.9. The molecule has 0 N–H and O–H groups in total. The molecule has 0 aliphatic carbocycles. The summed E-state index contributed by atoms with van der Waals surface area (Å²) in [5, 5.41) is 0. The van der Waals surface area contributed by atoms with Crippen LogP contribution in [0.1, 0.15) is 26.3 Å². The van der Waals surface area contributed by atoms with E-state index in [0.29, 0.717) is 5.75 Å². The summed E-state index contributed by atoms with van der Waals surface area (Å²) in [4.78, 5) is 24.4. The maximum absolute atomic E-state index is 13.4. The summed E-state index contributed by atoms with van der Waals surface area (Å²) in [6.07, 6.45) is 0. The Kier molecular flexibility index (Phi) is 4.92. The molecule has 114 valence electrons. The smallest absolute Gasteiger partial charge is 0.338 e. The van der Waals surface area contributed by atoms with Gasteiger partial charge in [0.25, 0.3) is 0 Å². The highest BCUT2D eigenvalue weighted by molar-refractivity contribution is 9.10. The maximum atomic E-state index is 13.4. The van der Waals surface area contributed by atoms with Crippen molar-refractivity contribution in [3.63, 3.8) is 0 Å². The monoisotopic (exact) mass is 366 g/mol. The van der Waals surface area contributed by atoms with Crippen LogP contribution in [-0.2, 0) is 4.74 Å². The summed E-state index contributed by atoms with van der Waals surface area (Å²) in [6, 6.07) is 8.22. The van der Waals surface area contributed by atoms with Crippen molar-refractivity contribution in [3.05, 3.63) is 63.4 Å². The Morgan fingerprint density at radius 2 is 1.68 bits per heavy atom. The third-order valence-electron chi connectivity index (χ3n) is 3.04. The Labute approximate surface area is 135 Å². The van der Waals surface area contributed by atoms with Crippen LogP contribution in [0.4, 0.5) is 4.39 Å². The Bertz CT molecular complexity index is 743. The van der Waals surface area contributed by atoms with Crippen molar-refractivity contribution >= 4 is 27.7 Å². The molecule has 0 fully saturated rings. The van der Waals surface area contributed by atoms with Gasteiger partial charge in [-0.05, 0) is 36.4 Å². The number of hydrogen-bond donors (Lipinski definition) is 0. The topological polar surface area (TPSA) is 52.6 Å². The van der Waals surface area contributed by atoms with Gasteiger partial charge >= 0.3 is 5.97 Å². The number of hydrogen-bond acceptors (Lipinski definition) is 4. The standard InChI is InChI=1S/C16H12BrFO4/c1-21-14-7-9(17)3-5-12(14)15(19)11-6-4-10(18)8-13(11)16(20)22-2/h3-8H,1-2H3. The van der Waals surface area contributed by atoms with Gasteiger partial charge in [0, 0.05) is 10.0 Å². The molecule has 0 atom stereocenters. The lowest BCUT2D eigenvalue weighted by Gasteiger charge is -2.11. The third kappa shape index (κ3) is 3.17. The van der Waals surface area contributed by atoms with Crippen molar-refractivity contribution in [1.82, 2.24) is 0 Å². The summed E-state index contributed by atoms with van der Waals surface area (Å²) in [5.41, 5.74) is 0.189. The molecule has 0 saturated heterocycles. The quantitative estimate of drug-likeness (QED) is 0.612. The molecule has 2 rings (SSSR count). The zero-order chi connectivity index (χ0) is 16.3. The lowest BCUT2D eigenvalue weighted by atomic mass is 9.97. The summed E-state index contributed by atoms with van der Waals surface area (Å²) in [5.74, 6) is -1.51. The Balaban J connectivity index is 2.57. The number of halogens is 2. The third-order valence-corrected chi connectivity index (χ3v) is 3.53. The second-order valence-electron chi connectivity index (χ2n) is 4.36. The molecule has 0 unspecified atom stereocenters. The summed E-state index contributed by atoms with van der Waals surface area (Å²) in [7, 11) is 2.60. The Morgan fingerprint density at radius 3 is 2.32 bits per heavy atom. The molecule has 2 aromatic rings. The van der Waals surface area contributed by atoms with Crippen LogP contribution in [0.2, 0.25) is 0 Å². The molecule has 0 heterocycles. The number of ketones is 1. The maximum Gasteiger partial charge on any atom is 0.338 e. The lowest BCUT2D eigenvalue weighted by Crippen LogP contribution is -2.12. The van der Waals surface area contributed by atoms with Crippen molar-refractivity contribution < 1.29 is 23.5 Å². The fourth-order valence-corrected chi connectivity index (χ4v) is 2.33. The van der Waals surface area contributed by atoms with Crippen LogP contribution in [0.3, 0.4) is 0 Å².